The summed E-state index contributed by atoms with van der Waals surface area (Å²) in [5, 5.41) is 8.03. The van der Waals surface area contributed by atoms with Crippen molar-refractivity contribution >= 4 is 39.0 Å². The number of hydrogen-bond acceptors (Lipinski definition) is 5. The number of rotatable bonds is 6. The molecule has 0 bridgehead atoms. The van der Waals surface area contributed by atoms with Gasteiger partial charge in [-0.1, -0.05) is 24.3 Å². The molecule has 0 unspecified atom stereocenters. The molecule has 4 rings (SSSR count). The molecule has 0 fully saturated rings. The van der Waals surface area contributed by atoms with E-state index in [9.17, 15) is 13.2 Å². The Hall–Kier alpha value is -3.14. The number of nitrogens with one attached hydrogen (secondary N) is 1. The van der Waals surface area contributed by atoms with Gasteiger partial charge in [0.05, 0.1) is 16.2 Å². The number of sulfonamides is 1. The highest BCUT2D eigenvalue weighted by atomic mass is 32.2. The van der Waals surface area contributed by atoms with E-state index in [1.165, 1.54) is 17.8 Å². The van der Waals surface area contributed by atoms with Crippen molar-refractivity contribution in [3.8, 4) is 0 Å². The molecule has 1 amide bonds. The number of fused-ring (bicyclic) bond motifs is 1. The number of carbonyl (C=O) groups excluding carboxylic acids is 1. The highest BCUT2D eigenvalue weighted by Gasteiger charge is 2.16. The molecular weight excluding hydrogens is 432 g/mol. The number of carbonyl (C=O) groups is 1. The first-order chi connectivity index (χ1) is 14.8. The van der Waals surface area contributed by atoms with E-state index in [1.807, 2.05) is 47.1 Å². The summed E-state index contributed by atoms with van der Waals surface area (Å²) in [5.41, 5.74) is 3.15. The van der Waals surface area contributed by atoms with Gasteiger partial charge < -0.3 is 9.72 Å². The number of hydrogen-bond donors (Lipinski definition) is 2. The zero-order valence-electron chi connectivity index (χ0n) is 16.6. The number of pyridine rings is 1. The van der Waals surface area contributed by atoms with Crippen LogP contribution in [0.5, 0.6) is 0 Å². The van der Waals surface area contributed by atoms with Gasteiger partial charge in [-0.05, 0) is 48.9 Å². The number of thioether (sulfide) groups is 1. The van der Waals surface area contributed by atoms with Gasteiger partial charge in [0.25, 0.3) is 5.91 Å². The molecule has 9 heteroatoms. The molecule has 0 radical (unpaired) electrons. The van der Waals surface area contributed by atoms with E-state index in [0.29, 0.717) is 22.6 Å². The molecule has 0 aliphatic carbocycles. The summed E-state index contributed by atoms with van der Waals surface area (Å²) < 4.78 is 25.5. The number of anilines is 1. The lowest BCUT2D eigenvalue weighted by molar-refractivity contribution is 0.102. The van der Waals surface area contributed by atoms with Crippen molar-refractivity contribution < 1.29 is 13.2 Å². The SMILES string of the molecule is Cc1ccc(NC(=O)c2ccccc2SCc2cn3ccccc3n2)cc1S(N)(=O)=O. The van der Waals surface area contributed by atoms with E-state index in [-0.39, 0.29) is 10.8 Å². The van der Waals surface area contributed by atoms with Crippen molar-refractivity contribution in [2.24, 2.45) is 5.14 Å². The van der Waals surface area contributed by atoms with E-state index in [4.69, 9.17) is 5.14 Å². The van der Waals surface area contributed by atoms with Crippen molar-refractivity contribution in [2.45, 2.75) is 22.5 Å². The van der Waals surface area contributed by atoms with Crippen LogP contribution in [0.4, 0.5) is 5.69 Å². The first-order valence-electron chi connectivity index (χ1n) is 9.40. The van der Waals surface area contributed by atoms with Crippen LogP contribution in [0.1, 0.15) is 21.6 Å². The maximum Gasteiger partial charge on any atom is 0.256 e. The predicted octanol–water partition coefficient (Wildman–Crippen LogP) is 3.83. The quantitative estimate of drug-likeness (QED) is 0.432. The van der Waals surface area contributed by atoms with E-state index in [0.717, 1.165) is 16.2 Å². The number of benzene rings is 2. The van der Waals surface area contributed by atoms with Gasteiger partial charge in [-0.25, -0.2) is 18.5 Å². The van der Waals surface area contributed by atoms with Gasteiger partial charge >= 0.3 is 0 Å². The van der Waals surface area contributed by atoms with Gasteiger partial charge in [-0.3, -0.25) is 4.79 Å². The zero-order valence-corrected chi connectivity index (χ0v) is 18.3. The van der Waals surface area contributed by atoms with Crippen LogP contribution in [0.3, 0.4) is 0 Å². The van der Waals surface area contributed by atoms with Crippen molar-refractivity contribution in [1.29, 1.82) is 0 Å². The largest absolute Gasteiger partial charge is 0.322 e. The molecule has 4 aromatic rings. The maximum atomic E-state index is 12.9. The molecule has 0 saturated heterocycles. The van der Waals surface area contributed by atoms with E-state index < -0.39 is 10.0 Å². The molecule has 0 spiro atoms. The number of aryl methyl sites for hydroxylation is 1. The number of amides is 1. The van der Waals surface area contributed by atoms with Crippen LogP contribution in [-0.2, 0) is 15.8 Å². The molecule has 0 aliphatic heterocycles. The lowest BCUT2D eigenvalue weighted by Crippen LogP contribution is -2.16. The fraction of sp³-hybridized carbons (Fsp3) is 0.0909. The van der Waals surface area contributed by atoms with Gasteiger partial charge in [-0.15, -0.1) is 11.8 Å². The third kappa shape index (κ3) is 4.79. The van der Waals surface area contributed by atoms with Gasteiger partial charge in [0.15, 0.2) is 0 Å². The topological polar surface area (TPSA) is 107 Å². The number of aromatic nitrogens is 2. The minimum atomic E-state index is -3.88. The first kappa shape index (κ1) is 21.1. The van der Waals surface area contributed by atoms with Crippen LogP contribution in [0.25, 0.3) is 5.65 Å². The molecule has 0 aliphatic rings. The molecule has 0 saturated carbocycles. The molecule has 3 N–H and O–H groups in total. The fourth-order valence-electron chi connectivity index (χ4n) is 3.17. The Labute approximate surface area is 184 Å². The molecule has 0 atom stereocenters. The van der Waals surface area contributed by atoms with Crippen molar-refractivity contribution in [3.63, 3.8) is 0 Å². The monoisotopic (exact) mass is 452 g/mol. The zero-order chi connectivity index (χ0) is 22.0. The number of imidazole rings is 1. The summed E-state index contributed by atoms with van der Waals surface area (Å²) in [7, 11) is -3.88. The maximum absolute atomic E-state index is 12.9. The molecule has 2 heterocycles. The van der Waals surface area contributed by atoms with Gasteiger partial charge in [-0.2, -0.15) is 0 Å². The predicted molar refractivity (Wildman–Crippen MR) is 122 cm³/mol. The summed E-state index contributed by atoms with van der Waals surface area (Å²) in [6, 6.07) is 17.7. The second-order valence-electron chi connectivity index (χ2n) is 6.96. The molecule has 2 aromatic heterocycles. The third-order valence-electron chi connectivity index (χ3n) is 4.67. The molecule has 158 valence electrons. The highest BCUT2D eigenvalue weighted by Crippen LogP contribution is 2.27. The Kier molecular flexibility index (Phi) is 5.81. The summed E-state index contributed by atoms with van der Waals surface area (Å²) in [5.74, 6) is 0.272. The van der Waals surface area contributed by atoms with Crippen LogP contribution in [0, 0.1) is 6.92 Å². The van der Waals surface area contributed by atoms with Crippen molar-refractivity contribution in [3.05, 3.63) is 89.9 Å². The smallest absolute Gasteiger partial charge is 0.256 e. The molecule has 7 nitrogen and oxygen atoms in total. The van der Waals surface area contributed by atoms with Gasteiger partial charge in [0, 0.05) is 28.7 Å². The van der Waals surface area contributed by atoms with E-state index in [1.54, 1.807) is 31.2 Å². The van der Waals surface area contributed by atoms with Crippen LogP contribution in [0.15, 0.2) is 82.8 Å². The van der Waals surface area contributed by atoms with E-state index >= 15 is 0 Å². The Morgan fingerprint density at radius 3 is 2.68 bits per heavy atom. The number of primary sulfonamides is 1. The minimum Gasteiger partial charge on any atom is -0.322 e. The second kappa shape index (κ2) is 8.54. The number of nitrogens with two attached hydrogens (primary N) is 1. The van der Waals surface area contributed by atoms with Crippen LogP contribution < -0.4 is 10.5 Å². The summed E-state index contributed by atoms with van der Waals surface area (Å²) in [6.07, 6.45) is 3.90. The minimum absolute atomic E-state index is 0.0141. The first-order valence-corrected chi connectivity index (χ1v) is 11.9. The highest BCUT2D eigenvalue weighted by molar-refractivity contribution is 7.98. The fourth-order valence-corrected chi connectivity index (χ4v) is 4.91. The third-order valence-corrected chi connectivity index (χ3v) is 6.83. The molecule has 2 aromatic carbocycles. The second-order valence-corrected chi connectivity index (χ2v) is 9.51. The van der Waals surface area contributed by atoms with Crippen molar-refractivity contribution in [2.75, 3.05) is 5.32 Å². The lowest BCUT2D eigenvalue weighted by Gasteiger charge is -2.11. The summed E-state index contributed by atoms with van der Waals surface area (Å²) in [6.45, 7) is 1.65. The Balaban J connectivity index is 1.53. The Morgan fingerprint density at radius 1 is 1.13 bits per heavy atom. The summed E-state index contributed by atoms with van der Waals surface area (Å²) in [4.78, 5) is 18.3. The number of nitrogens with zero attached hydrogens (tertiary/aromatic N) is 2. The van der Waals surface area contributed by atoms with Crippen LogP contribution >= 0.6 is 11.8 Å². The Morgan fingerprint density at radius 2 is 1.90 bits per heavy atom. The van der Waals surface area contributed by atoms with E-state index in [2.05, 4.69) is 10.3 Å². The molecular formula is C22H20N4O3S2. The Bertz CT molecular complexity index is 1350. The van der Waals surface area contributed by atoms with Crippen LogP contribution in [-0.4, -0.2) is 23.7 Å². The van der Waals surface area contributed by atoms with Gasteiger partial charge in [0.2, 0.25) is 10.0 Å². The average molecular weight is 453 g/mol. The van der Waals surface area contributed by atoms with Crippen molar-refractivity contribution in [1.82, 2.24) is 9.38 Å². The van der Waals surface area contributed by atoms with Crippen LogP contribution in [0.2, 0.25) is 0 Å². The lowest BCUT2D eigenvalue weighted by atomic mass is 10.2. The standard InChI is InChI=1S/C22H20N4O3S2/c1-15-9-10-16(12-20(15)31(23,28)29)25-22(27)18-6-2-3-7-19(18)30-14-17-13-26-11-5-4-8-21(26)24-17/h2-13H,14H2,1H3,(H,25,27)(H2,23,28,29). The average Bonchev–Trinajstić information content (AvgIpc) is 3.16. The van der Waals surface area contributed by atoms with Gasteiger partial charge in [0.1, 0.15) is 5.65 Å². The summed E-state index contributed by atoms with van der Waals surface area (Å²) >= 11 is 1.51. The normalized spacial score (nSPS) is 11.5. The molecule has 31 heavy (non-hydrogen) atoms.